The lowest BCUT2D eigenvalue weighted by Crippen LogP contribution is -2.68. The summed E-state index contributed by atoms with van der Waals surface area (Å²) in [7, 11) is 0. The van der Waals surface area contributed by atoms with Gasteiger partial charge in [-0.25, -0.2) is 13.8 Å². The predicted molar refractivity (Wildman–Crippen MR) is 171 cm³/mol. The van der Waals surface area contributed by atoms with E-state index in [-0.39, 0.29) is 11.7 Å². The van der Waals surface area contributed by atoms with Gasteiger partial charge in [0.1, 0.15) is 28.7 Å². The number of amides is 2. The summed E-state index contributed by atoms with van der Waals surface area (Å²) in [5, 5.41) is 30.4. The summed E-state index contributed by atoms with van der Waals surface area (Å²) in [4.78, 5) is 36.3. The summed E-state index contributed by atoms with van der Waals surface area (Å²) < 4.78 is 30.4. The maximum absolute atomic E-state index is 15.2. The van der Waals surface area contributed by atoms with Gasteiger partial charge < -0.3 is 26.2 Å². The van der Waals surface area contributed by atoms with Crippen molar-refractivity contribution in [3.63, 3.8) is 0 Å². The van der Waals surface area contributed by atoms with Crippen molar-refractivity contribution < 1.29 is 28.6 Å². The van der Waals surface area contributed by atoms with Crippen LogP contribution in [0, 0.1) is 18.6 Å². The quantitative estimate of drug-likeness (QED) is 0.210. The van der Waals surface area contributed by atoms with Crippen LogP contribution in [-0.2, 0) is 4.79 Å². The summed E-state index contributed by atoms with van der Waals surface area (Å²) in [5.74, 6) is -2.98. The Balaban J connectivity index is 1.47. The fourth-order valence-electron chi connectivity index (χ4n) is 5.64. The second-order valence-electron chi connectivity index (χ2n) is 11.1. The average molecular weight is 625 g/mol. The molecular weight excluding hydrogens is 594 g/mol. The van der Waals surface area contributed by atoms with Gasteiger partial charge in [-0.1, -0.05) is 36.4 Å². The number of para-hydroxylation sites is 1. The number of guanidine groups is 1. The van der Waals surface area contributed by atoms with Crippen molar-refractivity contribution in [3.8, 4) is 0 Å². The number of halogens is 2. The zero-order valence-electron chi connectivity index (χ0n) is 24.9. The highest BCUT2D eigenvalue weighted by Crippen LogP contribution is 2.41. The summed E-state index contributed by atoms with van der Waals surface area (Å²) in [6.45, 7) is 2.44. The number of aliphatic hydroxyl groups excluding tert-OH is 2. The first kappa shape index (κ1) is 30.6. The van der Waals surface area contributed by atoms with Crippen LogP contribution >= 0.6 is 0 Å². The molecule has 1 unspecified atom stereocenters. The lowest BCUT2D eigenvalue weighted by atomic mass is 9.87. The molecule has 0 spiro atoms. The molecule has 2 aliphatic rings. The summed E-state index contributed by atoms with van der Waals surface area (Å²) in [6, 6.07) is 16.9. The lowest BCUT2D eigenvalue weighted by molar-refractivity contribution is -0.115. The highest BCUT2D eigenvalue weighted by molar-refractivity contribution is 6.09. The molecule has 234 valence electrons. The number of pyridine rings is 1. The highest BCUT2D eigenvalue weighted by Gasteiger charge is 2.48. The number of aliphatic imine (C=N–C) groups is 1. The van der Waals surface area contributed by atoms with E-state index in [2.05, 4.69) is 25.9 Å². The van der Waals surface area contributed by atoms with E-state index < -0.39 is 54.1 Å². The number of benzene rings is 3. The van der Waals surface area contributed by atoms with Gasteiger partial charge in [-0.3, -0.25) is 19.5 Å². The second kappa shape index (κ2) is 12.1. The van der Waals surface area contributed by atoms with Gasteiger partial charge >= 0.3 is 0 Å². The van der Waals surface area contributed by atoms with Crippen LogP contribution in [0.1, 0.15) is 28.5 Å². The van der Waals surface area contributed by atoms with E-state index in [9.17, 15) is 19.8 Å². The normalized spacial score (nSPS) is 18.5. The first-order valence-corrected chi connectivity index (χ1v) is 14.5. The standard InChI is InChI=1S/C34H30F2N6O4/c1-19-10-11-22(38-32(46)28-14-20-6-3-4-7-21(20)16-37-28)15-24(19)30-25-12-13-29(45)42(31-26(35)8-5-9-27(31)36)34(25,2)41-33(40-30)39-23(17-43)18-44/h3-16,23,43-44H,17-18H2,1-2H3,(H,38,46)(H2,39,40,41). The number of rotatable bonds is 7. The molecule has 3 heterocycles. The summed E-state index contributed by atoms with van der Waals surface area (Å²) in [6.07, 6.45) is 4.39. The Morgan fingerprint density at radius 1 is 1.02 bits per heavy atom. The van der Waals surface area contributed by atoms with Crippen LogP contribution in [0.3, 0.4) is 0 Å². The van der Waals surface area contributed by atoms with E-state index in [1.54, 1.807) is 43.5 Å². The van der Waals surface area contributed by atoms with E-state index in [1.165, 1.54) is 12.1 Å². The minimum Gasteiger partial charge on any atom is -0.394 e. The molecule has 0 saturated carbocycles. The molecule has 1 aromatic heterocycles. The number of nitrogens with zero attached hydrogens (tertiary/aromatic N) is 3. The predicted octanol–water partition coefficient (Wildman–Crippen LogP) is 4.01. The number of nitrogens with one attached hydrogen (secondary N) is 3. The Morgan fingerprint density at radius 2 is 1.74 bits per heavy atom. The number of carbonyl (C=O) groups excluding carboxylic acids is 2. The van der Waals surface area contributed by atoms with E-state index in [0.29, 0.717) is 22.5 Å². The molecule has 1 atom stereocenters. The third kappa shape index (κ3) is 5.48. The third-order valence-electron chi connectivity index (χ3n) is 7.98. The molecule has 3 aromatic carbocycles. The zero-order valence-corrected chi connectivity index (χ0v) is 24.9. The molecule has 5 N–H and O–H groups in total. The highest BCUT2D eigenvalue weighted by atomic mass is 19.1. The Labute approximate surface area is 262 Å². The van der Waals surface area contributed by atoms with Gasteiger partial charge in [0.25, 0.3) is 11.8 Å². The van der Waals surface area contributed by atoms with Gasteiger partial charge in [0.05, 0.1) is 25.0 Å². The van der Waals surface area contributed by atoms with Gasteiger partial charge in [0.2, 0.25) is 0 Å². The Morgan fingerprint density at radius 3 is 2.46 bits per heavy atom. The fraction of sp³-hybridized carbons (Fsp3) is 0.176. The first-order chi connectivity index (χ1) is 22.1. The van der Waals surface area contributed by atoms with Crippen LogP contribution < -0.4 is 20.9 Å². The topological polar surface area (TPSA) is 139 Å². The van der Waals surface area contributed by atoms with E-state index in [0.717, 1.165) is 33.4 Å². The number of anilines is 2. The van der Waals surface area contributed by atoms with Crippen molar-refractivity contribution in [2.45, 2.75) is 25.6 Å². The van der Waals surface area contributed by atoms with Crippen LogP contribution in [0.4, 0.5) is 20.2 Å². The zero-order chi connectivity index (χ0) is 32.6. The van der Waals surface area contributed by atoms with Crippen molar-refractivity contribution in [1.29, 1.82) is 0 Å². The first-order valence-electron chi connectivity index (χ1n) is 14.5. The van der Waals surface area contributed by atoms with Crippen LogP contribution in [0.5, 0.6) is 0 Å². The minimum atomic E-state index is -1.59. The maximum Gasteiger partial charge on any atom is 0.274 e. The molecule has 0 saturated heterocycles. The molecule has 0 radical (unpaired) electrons. The number of aromatic nitrogens is 1. The van der Waals surface area contributed by atoms with E-state index >= 15 is 8.78 Å². The Kier molecular flexibility index (Phi) is 8.07. The molecule has 6 rings (SSSR count). The second-order valence-corrected chi connectivity index (χ2v) is 11.1. The summed E-state index contributed by atoms with van der Waals surface area (Å²) in [5.41, 5.74) is 0.688. The van der Waals surface area contributed by atoms with Crippen LogP contribution in [0.25, 0.3) is 16.5 Å². The molecule has 4 aromatic rings. The Bertz CT molecular complexity index is 1950. The minimum absolute atomic E-state index is 0.0356. The van der Waals surface area contributed by atoms with Crippen LogP contribution in [0.15, 0.2) is 95.6 Å². The van der Waals surface area contributed by atoms with Crippen molar-refractivity contribution >= 4 is 45.6 Å². The monoisotopic (exact) mass is 624 g/mol. The van der Waals surface area contributed by atoms with Crippen LogP contribution in [-0.4, -0.2) is 57.9 Å². The van der Waals surface area contributed by atoms with Crippen molar-refractivity contribution in [1.82, 2.24) is 15.6 Å². The molecule has 0 fully saturated rings. The van der Waals surface area contributed by atoms with Crippen LogP contribution in [0.2, 0.25) is 0 Å². The molecule has 2 aliphatic heterocycles. The van der Waals surface area contributed by atoms with Gasteiger partial charge in [0, 0.05) is 34.5 Å². The van der Waals surface area contributed by atoms with Crippen molar-refractivity contribution in [3.05, 3.63) is 119 Å². The molecular formula is C34H30F2N6O4. The van der Waals surface area contributed by atoms with Gasteiger partial charge in [0.15, 0.2) is 5.96 Å². The van der Waals surface area contributed by atoms with Gasteiger partial charge in [-0.15, -0.1) is 0 Å². The number of aliphatic hydroxyl groups is 2. The smallest absolute Gasteiger partial charge is 0.274 e. The van der Waals surface area contributed by atoms with Crippen molar-refractivity contribution in [2.75, 3.05) is 23.4 Å². The number of hydrogen-bond donors (Lipinski definition) is 5. The molecule has 0 aliphatic carbocycles. The van der Waals surface area contributed by atoms with Gasteiger partial charge in [-0.2, -0.15) is 0 Å². The fourth-order valence-corrected chi connectivity index (χ4v) is 5.64. The number of fused-ring (bicyclic) bond motifs is 2. The van der Waals surface area contributed by atoms with Crippen molar-refractivity contribution in [2.24, 2.45) is 4.99 Å². The van der Waals surface area contributed by atoms with Gasteiger partial charge in [-0.05, 0) is 61.2 Å². The molecule has 12 heteroatoms. The third-order valence-corrected chi connectivity index (χ3v) is 7.98. The Hall–Kier alpha value is -5.46. The number of carbonyl (C=O) groups is 2. The van der Waals surface area contributed by atoms with E-state index in [4.69, 9.17) is 0 Å². The molecule has 46 heavy (non-hydrogen) atoms. The molecule has 2 amide bonds. The molecule has 0 bridgehead atoms. The van der Waals surface area contributed by atoms with E-state index in [1.807, 2.05) is 31.2 Å². The number of hydrogen-bond acceptors (Lipinski definition) is 6. The number of aryl methyl sites for hydroxylation is 1. The largest absolute Gasteiger partial charge is 0.394 e. The molecule has 10 nitrogen and oxygen atoms in total. The average Bonchev–Trinajstić information content (AvgIpc) is 3.04. The maximum atomic E-state index is 15.2. The lowest BCUT2D eigenvalue weighted by Gasteiger charge is -2.48. The summed E-state index contributed by atoms with van der Waals surface area (Å²) >= 11 is 0. The SMILES string of the molecule is Cc1ccc(NC(=O)c2cc3ccccc3cn2)cc1C1=C2C=CC(=O)N(c3c(F)cccc3F)C2(C)NC(=NC(CO)CO)N1.